The molecule has 2 aromatic rings. The summed E-state index contributed by atoms with van der Waals surface area (Å²) in [5.41, 5.74) is 2.13. The summed E-state index contributed by atoms with van der Waals surface area (Å²) in [5, 5.41) is 0. The summed E-state index contributed by atoms with van der Waals surface area (Å²) in [6.45, 7) is 0.253. The second-order valence-corrected chi connectivity index (χ2v) is 8.19. The van der Waals surface area contributed by atoms with Crippen LogP contribution in [0.4, 0.5) is 10.1 Å². The number of anilines is 1. The zero-order valence-electron chi connectivity index (χ0n) is 15.0. The standard InChI is InChI=1S/C18H24FN3O2S/c1-21(2)16-9-5-14(6-10-16)18(22(3)4)13-20-25(23,24)17-11-7-15(19)8-12-17/h5-12,18,20H,13H2,1-4H3/p+1/t18-/m0/s1. The lowest BCUT2D eigenvalue weighted by Gasteiger charge is -2.23. The highest BCUT2D eigenvalue weighted by Gasteiger charge is 2.22. The minimum absolute atomic E-state index is 0.0357. The number of sulfonamides is 1. The Hall–Kier alpha value is -1.96. The highest BCUT2D eigenvalue weighted by Crippen LogP contribution is 2.17. The molecule has 0 aliphatic rings. The Kier molecular flexibility index (Phi) is 6.16. The van der Waals surface area contributed by atoms with Gasteiger partial charge in [-0.05, 0) is 36.4 Å². The van der Waals surface area contributed by atoms with E-state index in [2.05, 4.69) is 4.72 Å². The van der Waals surface area contributed by atoms with Crippen LogP contribution < -0.4 is 14.5 Å². The van der Waals surface area contributed by atoms with Crippen molar-refractivity contribution in [2.24, 2.45) is 0 Å². The molecule has 1 atom stereocenters. The minimum Gasteiger partial charge on any atom is -0.378 e. The summed E-state index contributed by atoms with van der Waals surface area (Å²) in [4.78, 5) is 3.18. The molecule has 0 saturated carbocycles. The number of likely N-dealkylation sites (N-methyl/N-ethyl adjacent to an activating group) is 1. The Labute approximate surface area is 149 Å². The Balaban J connectivity index is 2.15. The maximum atomic E-state index is 13.0. The van der Waals surface area contributed by atoms with E-state index in [0.29, 0.717) is 0 Å². The second kappa shape index (κ2) is 7.95. The van der Waals surface area contributed by atoms with Crippen LogP contribution >= 0.6 is 0 Å². The maximum Gasteiger partial charge on any atom is 0.240 e. The molecule has 2 N–H and O–H groups in total. The summed E-state index contributed by atoms with van der Waals surface area (Å²) in [6, 6.07) is 12.8. The van der Waals surface area contributed by atoms with E-state index in [4.69, 9.17) is 0 Å². The lowest BCUT2D eigenvalue weighted by Crippen LogP contribution is -3.07. The normalized spacial score (nSPS) is 13.0. The first-order valence-corrected chi connectivity index (χ1v) is 9.51. The molecule has 25 heavy (non-hydrogen) atoms. The molecule has 0 saturated heterocycles. The van der Waals surface area contributed by atoms with Gasteiger partial charge in [0, 0.05) is 25.3 Å². The second-order valence-electron chi connectivity index (χ2n) is 6.42. The van der Waals surface area contributed by atoms with Crippen molar-refractivity contribution in [3.05, 3.63) is 59.9 Å². The van der Waals surface area contributed by atoms with Crippen LogP contribution in [0.5, 0.6) is 0 Å². The van der Waals surface area contributed by atoms with Crippen molar-refractivity contribution >= 4 is 15.7 Å². The molecular weight excluding hydrogens is 341 g/mol. The lowest BCUT2D eigenvalue weighted by molar-refractivity contribution is -0.890. The van der Waals surface area contributed by atoms with Gasteiger partial charge in [0.2, 0.25) is 10.0 Å². The van der Waals surface area contributed by atoms with Crippen molar-refractivity contribution < 1.29 is 17.7 Å². The fourth-order valence-corrected chi connectivity index (χ4v) is 3.60. The molecule has 136 valence electrons. The molecule has 7 heteroatoms. The van der Waals surface area contributed by atoms with Gasteiger partial charge in [-0.25, -0.2) is 17.5 Å². The summed E-state index contributed by atoms with van der Waals surface area (Å²) in [6.07, 6.45) is 0. The molecule has 0 aliphatic carbocycles. The van der Waals surface area contributed by atoms with Gasteiger partial charge in [-0.3, -0.25) is 0 Å². The van der Waals surface area contributed by atoms with Crippen molar-refractivity contribution in [1.82, 2.24) is 4.72 Å². The molecule has 0 fully saturated rings. The molecule has 0 bridgehead atoms. The molecule has 0 aromatic heterocycles. The average molecular weight is 366 g/mol. The van der Waals surface area contributed by atoms with Crippen LogP contribution in [0.3, 0.4) is 0 Å². The Bertz CT molecular complexity index is 788. The number of nitrogens with one attached hydrogen (secondary N) is 2. The third kappa shape index (κ3) is 5.01. The van der Waals surface area contributed by atoms with E-state index >= 15 is 0 Å². The Morgan fingerprint density at radius 2 is 1.60 bits per heavy atom. The van der Waals surface area contributed by atoms with Gasteiger partial charge in [0.25, 0.3) is 0 Å². The van der Waals surface area contributed by atoms with E-state index in [-0.39, 0.29) is 17.5 Å². The SMILES string of the molecule is CN(C)c1ccc([C@H](CNS(=O)(=O)c2ccc(F)cc2)[NH+](C)C)cc1. The van der Waals surface area contributed by atoms with Crippen molar-refractivity contribution in [3.63, 3.8) is 0 Å². The number of hydrogen-bond donors (Lipinski definition) is 2. The fourth-order valence-electron chi connectivity index (χ4n) is 2.55. The number of hydrogen-bond acceptors (Lipinski definition) is 3. The summed E-state index contributed by atoms with van der Waals surface area (Å²) < 4.78 is 40.4. The van der Waals surface area contributed by atoms with Gasteiger partial charge in [0.15, 0.2) is 0 Å². The van der Waals surface area contributed by atoms with Gasteiger partial charge in [0.1, 0.15) is 11.9 Å². The largest absolute Gasteiger partial charge is 0.378 e. The number of nitrogens with zero attached hydrogens (tertiary/aromatic N) is 1. The van der Waals surface area contributed by atoms with Crippen molar-refractivity contribution in [1.29, 1.82) is 0 Å². The average Bonchev–Trinajstić information content (AvgIpc) is 2.55. The molecule has 0 radical (unpaired) electrons. The summed E-state index contributed by atoms with van der Waals surface area (Å²) >= 11 is 0. The topological polar surface area (TPSA) is 53.9 Å². The third-order valence-electron chi connectivity index (χ3n) is 4.11. The van der Waals surface area contributed by atoms with E-state index in [0.717, 1.165) is 28.3 Å². The highest BCUT2D eigenvalue weighted by atomic mass is 32.2. The van der Waals surface area contributed by atoms with E-state index in [9.17, 15) is 12.8 Å². The summed E-state index contributed by atoms with van der Waals surface area (Å²) in [5.74, 6) is -0.462. The van der Waals surface area contributed by atoms with Crippen molar-refractivity contribution in [2.75, 3.05) is 39.6 Å². The smallest absolute Gasteiger partial charge is 0.240 e. The zero-order valence-corrected chi connectivity index (χ0v) is 15.8. The van der Waals surface area contributed by atoms with E-state index in [1.165, 1.54) is 12.1 Å². The van der Waals surface area contributed by atoms with Crippen molar-refractivity contribution in [2.45, 2.75) is 10.9 Å². The first kappa shape index (κ1) is 19.4. The van der Waals surface area contributed by atoms with Crippen LogP contribution in [0.1, 0.15) is 11.6 Å². The van der Waals surface area contributed by atoms with Crippen LogP contribution in [0.25, 0.3) is 0 Å². The molecule has 0 amide bonds. The van der Waals surface area contributed by atoms with Gasteiger partial charge in [0.05, 0.1) is 25.5 Å². The van der Waals surface area contributed by atoms with E-state index in [1.807, 2.05) is 57.4 Å². The molecule has 0 aliphatic heterocycles. The van der Waals surface area contributed by atoms with Crippen LogP contribution in [0.15, 0.2) is 53.4 Å². The molecule has 2 aromatic carbocycles. The molecule has 0 spiro atoms. The van der Waals surface area contributed by atoms with Crippen LogP contribution in [0.2, 0.25) is 0 Å². The van der Waals surface area contributed by atoms with Gasteiger partial charge in [-0.1, -0.05) is 12.1 Å². The van der Waals surface area contributed by atoms with Gasteiger partial charge in [-0.2, -0.15) is 0 Å². The monoisotopic (exact) mass is 366 g/mol. The van der Waals surface area contributed by atoms with E-state index < -0.39 is 15.8 Å². The number of rotatable bonds is 7. The zero-order chi connectivity index (χ0) is 18.6. The lowest BCUT2D eigenvalue weighted by atomic mass is 10.1. The first-order valence-electron chi connectivity index (χ1n) is 8.03. The maximum absolute atomic E-state index is 13.0. The minimum atomic E-state index is -3.67. The number of halogens is 1. The van der Waals surface area contributed by atoms with Crippen LogP contribution in [-0.4, -0.2) is 43.2 Å². The highest BCUT2D eigenvalue weighted by molar-refractivity contribution is 7.89. The van der Waals surface area contributed by atoms with Crippen molar-refractivity contribution in [3.8, 4) is 0 Å². The molecular formula is C18H25FN3O2S+. The van der Waals surface area contributed by atoms with Gasteiger partial charge in [-0.15, -0.1) is 0 Å². The van der Waals surface area contributed by atoms with Crippen LogP contribution in [0, 0.1) is 5.82 Å². The van der Waals surface area contributed by atoms with Crippen LogP contribution in [-0.2, 0) is 10.0 Å². The summed E-state index contributed by atoms with van der Waals surface area (Å²) in [7, 11) is 4.24. The molecule has 5 nitrogen and oxygen atoms in total. The Morgan fingerprint density at radius 1 is 1.04 bits per heavy atom. The van der Waals surface area contributed by atoms with E-state index in [1.54, 1.807) is 0 Å². The molecule has 0 heterocycles. The third-order valence-corrected chi connectivity index (χ3v) is 5.55. The predicted octanol–water partition coefficient (Wildman–Crippen LogP) is 1.06. The molecule has 2 rings (SSSR count). The Morgan fingerprint density at radius 3 is 2.08 bits per heavy atom. The molecule has 0 unspecified atom stereocenters. The first-order chi connectivity index (χ1) is 11.7. The quantitative estimate of drug-likeness (QED) is 0.770. The van der Waals surface area contributed by atoms with Gasteiger partial charge >= 0.3 is 0 Å². The van der Waals surface area contributed by atoms with Gasteiger partial charge < -0.3 is 9.80 Å². The fraction of sp³-hybridized carbons (Fsp3) is 0.333. The predicted molar refractivity (Wildman–Crippen MR) is 97.9 cm³/mol. The number of benzene rings is 2. The number of quaternary nitrogens is 1.